The van der Waals surface area contributed by atoms with Gasteiger partial charge in [0.1, 0.15) is 17.2 Å². The number of nitrogens with one attached hydrogen (secondary N) is 1. The van der Waals surface area contributed by atoms with Crippen LogP contribution in [0.25, 0.3) is 17.1 Å². The lowest BCUT2D eigenvalue weighted by molar-refractivity contribution is -0.118. The number of hydrogen-bond acceptors (Lipinski definition) is 8. The Kier molecular flexibility index (Phi) is 7.86. The number of hydrazone groups is 1. The second-order valence-electron chi connectivity index (χ2n) is 7.61. The molecule has 0 bridgehead atoms. The van der Waals surface area contributed by atoms with Gasteiger partial charge in [0, 0.05) is 16.8 Å². The summed E-state index contributed by atoms with van der Waals surface area (Å²) in [4.78, 5) is 12.5. The maximum atomic E-state index is 12.5. The fourth-order valence-corrected chi connectivity index (χ4v) is 4.15. The van der Waals surface area contributed by atoms with Crippen molar-refractivity contribution in [3.05, 3.63) is 78.4 Å². The third-order valence-electron chi connectivity index (χ3n) is 5.29. The Labute approximate surface area is 212 Å². The van der Waals surface area contributed by atoms with Gasteiger partial charge in [-0.05, 0) is 67.6 Å². The van der Waals surface area contributed by atoms with Crippen LogP contribution in [0.5, 0.6) is 17.2 Å². The molecule has 3 aromatic carbocycles. The summed E-state index contributed by atoms with van der Waals surface area (Å²) in [5, 5.41) is 23.4. The number of phenolic OH excluding ortho intramolecular Hbond substituents is 1. The van der Waals surface area contributed by atoms with Gasteiger partial charge in [-0.1, -0.05) is 23.9 Å². The molecule has 1 aromatic heterocycles. The number of phenols is 1. The van der Waals surface area contributed by atoms with E-state index in [-0.39, 0.29) is 17.4 Å². The van der Waals surface area contributed by atoms with Gasteiger partial charge in [0.05, 0.1) is 25.7 Å². The molecular formula is C26H25N5O4S. The van der Waals surface area contributed by atoms with Crippen LogP contribution < -0.4 is 14.9 Å². The molecule has 0 saturated carbocycles. The maximum absolute atomic E-state index is 12.5. The van der Waals surface area contributed by atoms with Crippen molar-refractivity contribution in [3.8, 4) is 34.3 Å². The molecule has 4 aromatic rings. The zero-order valence-electron chi connectivity index (χ0n) is 20.0. The van der Waals surface area contributed by atoms with E-state index in [9.17, 15) is 9.90 Å². The van der Waals surface area contributed by atoms with Crippen molar-refractivity contribution in [1.82, 2.24) is 20.2 Å². The molecule has 4 rings (SSSR count). The molecular weight excluding hydrogens is 478 g/mol. The summed E-state index contributed by atoms with van der Waals surface area (Å²) in [5.41, 5.74) is 5.25. The van der Waals surface area contributed by atoms with Crippen LogP contribution in [0.3, 0.4) is 0 Å². The van der Waals surface area contributed by atoms with Crippen molar-refractivity contribution in [2.24, 2.45) is 5.10 Å². The number of ether oxygens (including phenoxy) is 2. The smallest absolute Gasteiger partial charge is 0.250 e. The number of aromatic hydroxyl groups is 1. The number of carbonyl (C=O) groups excluding carboxylic acids is 1. The molecule has 0 aliphatic carbocycles. The summed E-state index contributed by atoms with van der Waals surface area (Å²) in [5.74, 6) is 1.93. The van der Waals surface area contributed by atoms with Gasteiger partial charge < -0.3 is 14.6 Å². The first-order valence-electron chi connectivity index (χ1n) is 11.0. The number of amides is 1. The predicted octanol–water partition coefficient (Wildman–Crippen LogP) is 4.29. The molecule has 0 saturated heterocycles. The third kappa shape index (κ3) is 5.66. The van der Waals surface area contributed by atoms with Crippen LogP contribution in [0.4, 0.5) is 0 Å². The van der Waals surface area contributed by atoms with Crippen molar-refractivity contribution in [1.29, 1.82) is 0 Å². The molecule has 1 amide bonds. The molecule has 2 N–H and O–H groups in total. The van der Waals surface area contributed by atoms with Gasteiger partial charge in [-0.2, -0.15) is 5.10 Å². The van der Waals surface area contributed by atoms with E-state index in [2.05, 4.69) is 20.7 Å². The Bertz CT molecular complexity index is 1370. The van der Waals surface area contributed by atoms with E-state index >= 15 is 0 Å². The fraction of sp³-hybridized carbons (Fsp3) is 0.154. The Balaban J connectivity index is 1.55. The van der Waals surface area contributed by atoms with E-state index in [1.807, 2.05) is 53.1 Å². The highest BCUT2D eigenvalue weighted by molar-refractivity contribution is 7.99. The van der Waals surface area contributed by atoms with Gasteiger partial charge >= 0.3 is 0 Å². The zero-order chi connectivity index (χ0) is 25.5. The van der Waals surface area contributed by atoms with Gasteiger partial charge in [0.15, 0.2) is 11.0 Å². The maximum Gasteiger partial charge on any atom is 0.250 e. The number of benzene rings is 3. The van der Waals surface area contributed by atoms with Crippen molar-refractivity contribution < 1.29 is 19.4 Å². The fourth-order valence-electron chi connectivity index (χ4n) is 3.40. The lowest BCUT2D eigenvalue weighted by atomic mass is 10.1. The first kappa shape index (κ1) is 24.8. The van der Waals surface area contributed by atoms with E-state index in [1.54, 1.807) is 45.4 Å². The number of thioether (sulfide) groups is 1. The van der Waals surface area contributed by atoms with Crippen LogP contribution in [0.15, 0.2) is 83.1 Å². The molecule has 0 radical (unpaired) electrons. The topological polar surface area (TPSA) is 111 Å². The Morgan fingerprint density at radius 3 is 2.25 bits per heavy atom. The molecule has 0 spiro atoms. The van der Waals surface area contributed by atoms with Crippen LogP contribution >= 0.6 is 11.8 Å². The summed E-state index contributed by atoms with van der Waals surface area (Å²) in [6, 6.07) is 21.8. The summed E-state index contributed by atoms with van der Waals surface area (Å²) in [6.45, 7) is 1.71. The average molecular weight is 504 g/mol. The van der Waals surface area contributed by atoms with Gasteiger partial charge in [-0.3, -0.25) is 9.36 Å². The number of nitrogens with zero attached hydrogens (tertiary/aromatic N) is 4. The van der Waals surface area contributed by atoms with Crippen molar-refractivity contribution in [3.63, 3.8) is 0 Å². The SMILES string of the molecule is COc1ccc(-c2nnc(SCC(=O)NN=C(C)c3ccccc3O)n2-c2ccc(OC)cc2)cc1. The summed E-state index contributed by atoms with van der Waals surface area (Å²) >= 11 is 1.24. The summed E-state index contributed by atoms with van der Waals surface area (Å²) in [6.07, 6.45) is 0. The van der Waals surface area contributed by atoms with Gasteiger partial charge in [-0.15, -0.1) is 10.2 Å². The number of carbonyl (C=O) groups is 1. The molecule has 0 aliphatic rings. The Morgan fingerprint density at radius 2 is 1.61 bits per heavy atom. The van der Waals surface area contributed by atoms with Gasteiger partial charge in [-0.25, -0.2) is 5.43 Å². The van der Waals surface area contributed by atoms with Crippen LogP contribution in [-0.4, -0.2) is 51.5 Å². The normalized spacial score (nSPS) is 11.2. The molecule has 0 atom stereocenters. The largest absolute Gasteiger partial charge is 0.507 e. The number of aromatic nitrogens is 3. The first-order valence-corrected chi connectivity index (χ1v) is 12.0. The summed E-state index contributed by atoms with van der Waals surface area (Å²) < 4.78 is 12.4. The highest BCUT2D eigenvalue weighted by Gasteiger charge is 2.18. The van der Waals surface area contributed by atoms with E-state index in [0.29, 0.717) is 22.3 Å². The van der Waals surface area contributed by atoms with Crippen LogP contribution in [0, 0.1) is 0 Å². The molecule has 184 valence electrons. The van der Waals surface area contributed by atoms with Gasteiger partial charge in [0.25, 0.3) is 5.91 Å². The first-order chi connectivity index (χ1) is 17.5. The third-order valence-corrected chi connectivity index (χ3v) is 6.22. The van der Waals surface area contributed by atoms with Crippen LogP contribution in [0.1, 0.15) is 12.5 Å². The average Bonchev–Trinajstić information content (AvgIpc) is 3.34. The second-order valence-corrected chi connectivity index (χ2v) is 8.55. The Hall–Kier alpha value is -4.31. The van der Waals surface area contributed by atoms with E-state index < -0.39 is 0 Å². The monoisotopic (exact) mass is 503 g/mol. The number of methoxy groups -OCH3 is 2. The second kappa shape index (κ2) is 11.4. The Morgan fingerprint density at radius 1 is 0.972 bits per heavy atom. The molecule has 10 heteroatoms. The standard InChI is InChI=1S/C26H25N5O4S/c1-17(22-6-4-5-7-23(22)32)27-28-24(33)16-36-26-30-29-25(18-8-12-20(34-2)13-9-18)31(26)19-10-14-21(35-3)15-11-19/h4-15,32H,16H2,1-3H3,(H,28,33). The van der Waals surface area contributed by atoms with Crippen LogP contribution in [-0.2, 0) is 4.79 Å². The lowest BCUT2D eigenvalue weighted by Crippen LogP contribution is -2.21. The van der Waals surface area contributed by atoms with E-state index in [4.69, 9.17) is 9.47 Å². The van der Waals surface area contributed by atoms with Gasteiger partial charge in [0.2, 0.25) is 0 Å². The minimum atomic E-state index is -0.315. The molecule has 9 nitrogen and oxygen atoms in total. The van der Waals surface area contributed by atoms with Crippen molar-refractivity contribution >= 4 is 23.4 Å². The number of hydrogen-bond donors (Lipinski definition) is 2. The quantitative estimate of drug-likeness (QED) is 0.199. The predicted molar refractivity (Wildman–Crippen MR) is 139 cm³/mol. The lowest BCUT2D eigenvalue weighted by Gasteiger charge is -2.11. The highest BCUT2D eigenvalue weighted by Crippen LogP contribution is 2.29. The minimum Gasteiger partial charge on any atom is -0.507 e. The van der Waals surface area contributed by atoms with Crippen LogP contribution in [0.2, 0.25) is 0 Å². The zero-order valence-corrected chi connectivity index (χ0v) is 20.8. The molecule has 1 heterocycles. The van der Waals surface area contributed by atoms with E-state index in [0.717, 1.165) is 22.7 Å². The molecule has 0 fully saturated rings. The number of para-hydroxylation sites is 1. The van der Waals surface area contributed by atoms with Crippen molar-refractivity contribution in [2.75, 3.05) is 20.0 Å². The minimum absolute atomic E-state index is 0.0639. The molecule has 0 unspecified atom stereocenters. The molecule has 0 aliphatic heterocycles. The van der Waals surface area contributed by atoms with E-state index in [1.165, 1.54) is 11.8 Å². The summed E-state index contributed by atoms with van der Waals surface area (Å²) in [7, 11) is 3.22. The highest BCUT2D eigenvalue weighted by atomic mass is 32.2. The van der Waals surface area contributed by atoms with Crippen molar-refractivity contribution in [2.45, 2.75) is 12.1 Å². The number of rotatable bonds is 9. The molecule has 36 heavy (non-hydrogen) atoms.